The van der Waals surface area contributed by atoms with Crippen molar-refractivity contribution >= 4 is 5.78 Å². The molecule has 1 aliphatic rings. The van der Waals surface area contributed by atoms with Crippen molar-refractivity contribution in [2.24, 2.45) is 0 Å². The Balaban J connectivity index is 2.00. The molecule has 30 heavy (non-hydrogen) atoms. The molecule has 2 atom stereocenters. The summed E-state index contributed by atoms with van der Waals surface area (Å²) < 4.78 is 22.1. The van der Waals surface area contributed by atoms with Gasteiger partial charge in [-0.25, -0.2) is 0 Å². The minimum atomic E-state index is -0.390. The number of carbonyl (C=O) groups is 1. The van der Waals surface area contributed by atoms with E-state index in [4.69, 9.17) is 18.9 Å². The van der Waals surface area contributed by atoms with Crippen LogP contribution in [0.1, 0.15) is 38.9 Å². The van der Waals surface area contributed by atoms with E-state index in [1.165, 1.54) is 0 Å². The summed E-state index contributed by atoms with van der Waals surface area (Å²) in [6.07, 6.45) is 0. The number of methoxy groups -OCH3 is 4. The molecule has 0 aliphatic heterocycles. The Kier molecular flexibility index (Phi) is 5.36. The van der Waals surface area contributed by atoms with Crippen LogP contribution in [0.3, 0.4) is 0 Å². The first-order chi connectivity index (χ1) is 14.6. The molecule has 3 aromatic carbocycles. The molecule has 0 aromatic heterocycles. The molecule has 0 saturated carbocycles. The average molecular weight is 404 g/mol. The van der Waals surface area contributed by atoms with Crippen molar-refractivity contribution in [3.63, 3.8) is 0 Å². The van der Waals surface area contributed by atoms with Gasteiger partial charge in [0.15, 0.2) is 5.78 Å². The first kappa shape index (κ1) is 19.8. The molecular formula is C25H24O5. The summed E-state index contributed by atoms with van der Waals surface area (Å²) in [7, 11) is 6.43. The minimum absolute atomic E-state index is 0.0418. The van der Waals surface area contributed by atoms with Crippen LogP contribution >= 0.6 is 0 Å². The summed E-state index contributed by atoms with van der Waals surface area (Å²) in [4.78, 5) is 13.7. The maximum absolute atomic E-state index is 13.7. The molecule has 0 heterocycles. The van der Waals surface area contributed by atoms with Gasteiger partial charge in [0, 0.05) is 29.2 Å². The monoisotopic (exact) mass is 404 g/mol. The third kappa shape index (κ3) is 3.26. The van der Waals surface area contributed by atoms with Crippen LogP contribution in [0.2, 0.25) is 0 Å². The zero-order valence-electron chi connectivity index (χ0n) is 17.5. The average Bonchev–Trinajstić information content (AvgIpc) is 3.10. The lowest BCUT2D eigenvalue weighted by atomic mass is 9.81. The maximum atomic E-state index is 13.7. The summed E-state index contributed by atoms with van der Waals surface area (Å²) in [6, 6.07) is 19.2. The van der Waals surface area contributed by atoms with Crippen LogP contribution in [-0.4, -0.2) is 34.2 Å². The molecule has 0 saturated heterocycles. The van der Waals surface area contributed by atoms with Crippen LogP contribution < -0.4 is 18.9 Å². The predicted octanol–water partition coefficient (Wildman–Crippen LogP) is 4.83. The fourth-order valence-electron chi connectivity index (χ4n) is 4.27. The van der Waals surface area contributed by atoms with Gasteiger partial charge in [-0.1, -0.05) is 30.3 Å². The molecule has 0 amide bonds. The van der Waals surface area contributed by atoms with Crippen molar-refractivity contribution in [1.82, 2.24) is 0 Å². The van der Waals surface area contributed by atoms with Gasteiger partial charge in [0.2, 0.25) is 0 Å². The van der Waals surface area contributed by atoms with E-state index in [1.54, 1.807) is 34.5 Å². The van der Waals surface area contributed by atoms with Gasteiger partial charge >= 0.3 is 0 Å². The zero-order valence-corrected chi connectivity index (χ0v) is 17.5. The van der Waals surface area contributed by atoms with Gasteiger partial charge < -0.3 is 18.9 Å². The van der Waals surface area contributed by atoms with Gasteiger partial charge in [0.25, 0.3) is 0 Å². The number of ketones is 1. The molecule has 3 aromatic rings. The quantitative estimate of drug-likeness (QED) is 0.589. The molecule has 4 rings (SSSR count). The van der Waals surface area contributed by atoms with Crippen molar-refractivity contribution in [3.05, 3.63) is 82.9 Å². The van der Waals surface area contributed by atoms with Crippen LogP contribution in [-0.2, 0) is 0 Å². The topological polar surface area (TPSA) is 54.0 Å². The summed E-state index contributed by atoms with van der Waals surface area (Å²) >= 11 is 0. The Morgan fingerprint density at radius 1 is 0.633 bits per heavy atom. The van der Waals surface area contributed by atoms with Gasteiger partial charge in [-0.2, -0.15) is 0 Å². The smallest absolute Gasteiger partial charge is 0.171 e. The summed E-state index contributed by atoms with van der Waals surface area (Å²) in [6.45, 7) is 0. The third-order valence-corrected chi connectivity index (χ3v) is 5.66. The lowest BCUT2D eigenvalue weighted by Crippen LogP contribution is -2.13. The number of ether oxygens (including phenoxy) is 4. The van der Waals surface area contributed by atoms with Gasteiger partial charge in [0.05, 0.1) is 34.4 Å². The summed E-state index contributed by atoms with van der Waals surface area (Å²) in [5.41, 5.74) is 3.35. The maximum Gasteiger partial charge on any atom is 0.171 e. The Morgan fingerprint density at radius 2 is 1.23 bits per heavy atom. The number of rotatable bonds is 6. The fourth-order valence-corrected chi connectivity index (χ4v) is 4.27. The van der Waals surface area contributed by atoms with Crippen molar-refractivity contribution in [1.29, 1.82) is 0 Å². The minimum Gasteiger partial charge on any atom is -0.497 e. The highest BCUT2D eigenvalue weighted by atomic mass is 16.5. The van der Waals surface area contributed by atoms with Crippen LogP contribution in [0, 0.1) is 0 Å². The van der Waals surface area contributed by atoms with E-state index in [0.29, 0.717) is 28.6 Å². The number of Topliss-reactive ketones (excluding diaryl/α,β-unsaturated/α-hetero) is 1. The molecule has 0 spiro atoms. The molecule has 0 N–H and O–H groups in total. The van der Waals surface area contributed by atoms with Crippen molar-refractivity contribution in [2.75, 3.05) is 28.4 Å². The Bertz CT molecular complexity index is 1050. The fraction of sp³-hybridized carbons (Fsp3) is 0.240. The summed E-state index contributed by atoms with van der Waals surface area (Å²) in [5.74, 6) is 1.96. The molecule has 154 valence electrons. The Labute approximate surface area is 176 Å². The Morgan fingerprint density at radius 3 is 1.80 bits per heavy atom. The van der Waals surface area contributed by atoms with Crippen LogP contribution in [0.4, 0.5) is 0 Å². The van der Waals surface area contributed by atoms with E-state index in [0.717, 1.165) is 16.7 Å². The highest BCUT2D eigenvalue weighted by molar-refractivity contribution is 6.08. The first-order valence-electron chi connectivity index (χ1n) is 9.69. The van der Waals surface area contributed by atoms with Crippen LogP contribution in [0.5, 0.6) is 23.0 Å². The van der Waals surface area contributed by atoms with Gasteiger partial charge in [-0.05, 0) is 29.3 Å². The molecule has 0 radical (unpaired) electrons. The first-order valence-corrected chi connectivity index (χ1v) is 9.69. The number of hydrogen-bond acceptors (Lipinski definition) is 5. The van der Waals surface area contributed by atoms with E-state index in [2.05, 4.69) is 0 Å². The largest absolute Gasteiger partial charge is 0.497 e. The molecule has 0 fully saturated rings. The molecule has 0 bridgehead atoms. The lowest BCUT2D eigenvalue weighted by molar-refractivity contribution is 0.0968. The van der Waals surface area contributed by atoms with Gasteiger partial charge in [-0.3, -0.25) is 4.79 Å². The second kappa shape index (κ2) is 8.11. The van der Waals surface area contributed by atoms with Crippen molar-refractivity contribution in [2.45, 2.75) is 11.8 Å². The van der Waals surface area contributed by atoms with Crippen LogP contribution in [0.25, 0.3) is 0 Å². The SMILES string of the molecule is COc1cc(OC)cc([C@H]2c3c(OC)cc(OC)cc3C(=O)[C@@H]2c2ccccc2)c1. The standard InChI is InChI=1S/C25H24O5/c1-27-17-10-16(11-18(12-17)28-2)22-23(15-8-6-5-7-9-15)25(26)20-13-19(29-3)14-21(30-4)24(20)22/h5-14,22-23H,1-4H3/t22-,23-/m1/s1. The molecule has 0 unspecified atom stereocenters. The van der Waals surface area contributed by atoms with E-state index in [-0.39, 0.29) is 17.6 Å². The van der Waals surface area contributed by atoms with E-state index >= 15 is 0 Å². The molecule has 1 aliphatic carbocycles. The summed E-state index contributed by atoms with van der Waals surface area (Å²) in [5, 5.41) is 0. The van der Waals surface area contributed by atoms with Gasteiger partial charge in [-0.15, -0.1) is 0 Å². The highest BCUT2D eigenvalue weighted by Crippen LogP contribution is 2.53. The van der Waals surface area contributed by atoms with Crippen molar-refractivity contribution in [3.8, 4) is 23.0 Å². The second-order valence-electron chi connectivity index (χ2n) is 7.17. The zero-order chi connectivity index (χ0) is 21.3. The predicted molar refractivity (Wildman–Crippen MR) is 114 cm³/mol. The van der Waals surface area contributed by atoms with Crippen molar-refractivity contribution < 1.29 is 23.7 Å². The molecular weight excluding hydrogens is 380 g/mol. The third-order valence-electron chi connectivity index (χ3n) is 5.66. The Hall–Kier alpha value is -3.47. The number of carbonyl (C=O) groups excluding carboxylic acids is 1. The lowest BCUT2D eigenvalue weighted by Gasteiger charge is -2.23. The van der Waals surface area contributed by atoms with Crippen LogP contribution in [0.15, 0.2) is 60.7 Å². The van der Waals surface area contributed by atoms with E-state index < -0.39 is 0 Å². The molecule has 5 heteroatoms. The number of benzene rings is 3. The van der Waals surface area contributed by atoms with E-state index in [9.17, 15) is 4.79 Å². The number of fused-ring (bicyclic) bond motifs is 1. The van der Waals surface area contributed by atoms with Gasteiger partial charge in [0.1, 0.15) is 23.0 Å². The van der Waals surface area contributed by atoms with E-state index in [1.807, 2.05) is 54.6 Å². The highest BCUT2D eigenvalue weighted by Gasteiger charge is 2.44. The molecule has 5 nitrogen and oxygen atoms in total. The second-order valence-corrected chi connectivity index (χ2v) is 7.17. The number of hydrogen-bond donors (Lipinski definition) is 0. The normalized spacial score (nSPS) is 17.4.